The average Bonchev–Trinajstić information content (AvgIpc) is 3.94. The number of hydrazine groups is 1. The van der Waals surface area contributed by atoms with Crippen molar-refractivity contribution in [1.29, 1.82) is 0 Å². The molecule has 12 heteroatoms. The van der Waals surface area contributed by atoms with Crippen molar-refractivity contribution in [1.82, 2.24) is 20.1 Å². The van der Waals surface area contributed by atoms with E-state index >= 15 is 0 Å². The summed E-state index contributed by atoms with van der Waals surface area (Å²) in [6, 6.07) is 8.18. The minimum Gasteiger partial charge on any atom is -0.290 e. The van der Waals surface area contributed by atoms with Gasteiger partial charge < -0.3 is 5.73 Å². The summed E-state index contributed by atoms with van der Waals surface area (Å²) in [5.74, 6) is 0.897. The summed E-state index contributed by atoms with van der Waals surface area (Å²) < 4.78 is 22.7. The van der Waals surface area contributed by atoms with Gasteiger partial charge in [-0.1, -0.05) is 6.07 Å². The van der Waals surface area contributed by atoms with Gasteiger partial charge in [-0.05, 0) is 57.7 Å². The van der Waals surface area contributed by atoms with Crippen LogP contribution in [0, 0.1) is 11.9 Å². The van der Waals surface area contributed by atoms with Gasteiger partial charge in [0.2, 0.25) is 5.95 Å². The van der Waals surface area contributed by atoms with Crippen molar-refractivity contribution in [2.45, 2.75) is 80.0 Å². The molecule has 1 saturated carbocycles. The molecule has 5 aliphatic rings. The van der Waals surface area contributed by atoms with E-state index < -0.39 is 13.2 Å². The molecule has 4 aliphatic heterocycles. The van der Waals surface area contributed by atoms with Crippen molar-refractivity contribution >= 4 is 36.8 Å². The summed E-state index contributed by atoms with van der Waals surface area (Å²) >= 11 is 0.993. The minimum atomic E-state index is -0.791. The van der Waals surface area contributed by atoms with Crippen molar-refractivity contribution < 1.29 is 13.9 Å². The zero-order valence-electron chi connectivity index (χ0n) is 25.0. The summed E-state index contributed by atoms with van der Waals surface area (Å²) in [5.41, 5.74) is 10.5. The summed E-state index contributed by atoms with van der Waals surface area (Å²) in [5, 5.41) is 3.10. The van der Waals surface area contributed by atoms with Crippen molar-refractivity contribution in [3.8, 4) is 0 Å². The summed E-state index contributed by atoms with van der Waals surface area (Å²) in [7, 11) is -0.791. The van der Waals surface area contributed by atoms with Crippen LogP contribution in [-0.4, -0.2) is 70.5 Å². The molecule has 6 heterocycles. The molecule has 4 N–H and O–H groups in total. The molecule has 3 saturated heterocycles. The molecule has 3 atom stereocenters. The smallest absolute Gasteiger partial charge is 0.290 e. The molecule has 9 nitrogen and oxygen atoms in total. The Balaban J connectivity index is 1.05. The topological polar surface area (TPSA) is 109 Å². The number of nitrogens with two attached hydrogens (primary N) is 1. The number of carbonyl (C=O) groups excluding carboxylic acids is 1. The number of anilines is 2. The summed E-state index contributed by atoms with van der Waals surface area (Å²) in [6.45, 7) is 6.66. The molecule has 4 fully saturated rings. The molecule has 0 radical (unpaired) electrons. The number of rotatable bonds is 12. The quantitative estimate of drug-likeness (QED) is 0.176. The van der Waals surface area contributed by atoms with E-state index in [2.05, 4.69) is 33.9 Å². The van der Waals surface area contributed by atoms with Crippen LogP contribution in [-0.2, 0) is 4.74 Å². The van der Waals surface area contributed by atoms with Gasteiger partial charge in [0.25, 0.3) is 0 Å². The fourth-order valence-corrected chi connectivity index (χ4v) is 16.1. The van der Waals surface area contributed by atoms with Crippen LogP contribution in [0.4, 0.5) is 16.0 Å². The number of ether oxygens (including phenoxy) is 1. The van der Waals surface area contributed by atoms with Gasteiger partial charge in [0, 0.05) is 11.9 Å². The van der Waals surface area contributed by atoms with E-state index in [1.165, 1.54) is 25.3 Å². The van der Waals surface area contributed by atoms with Crippen LogP contribution in [0.15, 0.2) is 47.6 Å². The van der Waals surface area contributed by atoms with Crippen LogP contribution in [0.2, 0.25) is 0 Å². The Labute approximate surface area is 258 Å². The molecule has 1 aliphatic carbocycles. The number of hydrogen-bond acceptors (Lipinski definition) is 9. The Hall–Kier alpha value is -2.30. The Kier molecular flexibility index (Phi) is 7.70. The molecular weight excluding hydrogens is 584 g/mol. The molecule has 2 aromatic heterocycles. The van der Waals surface area contributed by atoms with E-state index in [4.69, 9.17) is 15.5 Å². The van der Waals surface area contributed by atoms with Gasteiger partial charge in [0.15, 0.2) is 0 Å². The zero-order chi connectivity index (χ0) is 29.8. The van der Waals surface area contributed by atoms with Crippen molar-refractivity contribution in [3.63, 3.8) is 0 Å². The molecule has 0 bridgehead atoms. The second-order valence-electron chi connectivity index (χ2n) is 13.6. The molecule has 0 aromatic carbocycles. The van der Waals surface area contributed by atoms with Crippen LogP contribution < -0.4 is 25.8 Å². The number of nitrogens with zero attached hydrogens (tertiary/aromatic N) is 4. The normalized spacial score (nSPS) is 27.6. The standard InChI is InChI=1S/C31H43FN7O2PS/c1-30(2)19-21(5-4-14-33)20-38(30)28-22(29(40)37-43-27-7-3-6-24(32)34-27)8-9-25(35-28)39-15-10-26(36-39)41-16-11-23-31(12-13-31)42(23)17-18-42/h3,6-10,15,21,23,26,36,42H,4-5,11-14,16-20,33H2,1-2H3,(H,37,40). The van der Waals surface area contributed by atoms with Gasteiger partial charge in [-0.15, -0.1) is 0 Å². The number of fused-ring (bicyclic) bond motifs is 1. The van der Waals surface area contributed by atoms with Crippen LogP contribution >= 0.6 is 19.2 Å². The second-order valence-corrected chi connectivity index (χ2v) is 19.4. The summed E-state index contributed by atoms with van der Waals surface area (Å²) in [4.78, 5) is 24.7. The van der Waals surface area contributed by atoms with Gasteiger partial charge in [-0.25, -0.2) is 4.98 Å². The van der Waals surface area contributed by atoms with Gasteiger partial charge in [-0.2, -0.15) is 4.39 Å². The second kappa shape index (κ2) is 11.2. The first-order chi connectivity index (χ1) is 20.7. The van der Waals surface area contributed by atoms with Gasteiger partial charge in [0.05, 0.1) is 0 Å². The van der Waals surface area contributed by atoms with Crippen molar-refractivity contribution in [2.75, 3.05) is 41.9 Å². The maximum absolute atomic E-state index is 13.6. The average molecular weight is 628 g/mol. The van der Waals surface area contributed by atoms with Crippen LogP contribution in [0.1, 0.15) is 62.7 Å². The number of hydrogen-bond donors (Lipinski definition) is 3. The number of aromatic nitrogens is 2. The Morgan fingerprint density at radius 2 is 2.07 bits per heavy atom. The van der Waals surface area contributed by atoms with Gasteiger partial charge in [-0.3, -0.25) is 9.52 Å². The van der Waals surface area contributed by atoms with E-state index in [1.54, 1.807) is 24.5 Å². The zero-order valence-corrected chi connectivity index (χ0v) is 26.8. The molecule has 43 heavy (non-hydrogen) atoms. The number of nitrogens with one attached hydrogen (secondary N) is 2. The van der Waals surface area contributed by atoms with Gasteiger partial charge in [0.1, 0.15) is 5.03 Å². The van der Waals surface area contributed by atoms with E-state index in [9.17, 15) is 9.18 Å². The Bertz CT molecular complexity index is 1400. The third kappa shape index (κ3) is 5.56. The van der Waals surface area contributed by atoms with Crippen molar-refractivity contribution in [2.24, 2.45) is 11.7 Å². The van der Waals surface area contributed by atoms with E-state index in [-0.39, 0.29) is 17.7 Å². The maximum atomic E-state index is 13.6. The number of carbonyl (C=O) groups is 1. The molecule has 2 aromatic rings. The van der Waals surface area contributed by atoms with Crippen LogP contribution in [0.5, 0.6) is 0 Å². The third-order valence-corrected chi connectivity index (χ3v) is 17.5. The molecular formula is C31H43FN7O2PS. The molecule has 3 unspecified atom stereocenters. The minimum absolute atomic E-state index is 0.193. The third-order valence-electron chi connectivity index (χ3n) is 10.5. The van der Waals surface area contributed by atoms with Crippen LogP contribution in [0.25, 0.3) is 0 Å². The van der Waals surface area contributed by atoms with E-state index in [1.807, 2.05) is 29.4 Å². The van der Waals surface area contributed by atoms with E-state index in [0.29, 0.717) is 34.7 Å². The fourth-order valence-electron chi connectivity index (χ4n) is 8.21. The first-order valence-electron chi connectivity index (χ1n) is 15.7. The van der Waals surface area contributed by atoms with Crippen molar-refractivity contribution in [3.05, 3.63) is 54.1 Å². The predicted octanol–water partition coefficient (Wildman–Crippen LogP) is 4.65. The Morgan fingerprint density at radius 3 is 2.79 bits per heavy atom. The van der Waals surface area contributed by atoms with E-state index in [0.717, 1.165) is 55.2 Å². The predicted molar refractivity (Wildman–Crippen MR) is 172 cm³/mol. The van der Waals surface area contributed by atoms with Crippen LogP contribution in [0.3, 0.4) is 0 Å². The number of halogens is 1. The summed E-state index contributed by atoms with van der Waals surface area (Å²) in [6.07, 6.45) is 14.1. The monoisotopic (exact) mass is 627 g/mol. The molecule has 2 spiro atoms. The van der Waals surface area contributed by atoms with Gasteiger partial charge >= 0.3 is 147 Å². The Morgan fingerprint density at radius 1 is 1.23 bits per heavy atom. The molecule has 1 amide bonds. The number of pyridine rings is 2. The molecule has 232 valence electrons. The number of amides is 1. The first-order valence-corrected chi connectivity index (χ1v) is 19.0. The first kappa shape index (κ1) is 29.4. The fraction of sp³-hybridized carbons (Fsp3) is 0.581. The molecule has 7 rings (SSSR count). The SMILES string of the molecule is CC1(C)CC(CCCN)CN1c1nc(N2C=CC(OCCC3C4(CC4)[PH]34CC4)N2)ccc1C(=O)NSc1cccc(F)n1.